The van der Waals surface area contributed by atoms with E-state index in [2.05, 4.69) is 9.98 Å². The third-order valence-electron chi connectivity index (χ3n) is 3.11. The smallest absolute Gasteiger partial charge is 0.105 e. The van der Waals surface area contributed by atoms with Gasteiger partial charge in [-0.1, -0.05) is 82.3 Å². The first-order valence-corrected chi connectivity index (χ1v) is 10.1. The fraction of sp³-hybridized carbons (Fsp3) is 0.222. The van der Waals surface area contributed by atoms with Crippen LogP contribution in [-0.4, -0.2) is 23.2 Å². The fourth-order valence-corrected chi connectivity index (χ4v) is 3.66. The molecule has 0 spiro atoms. The zero-order valence-electron chi connectivity index (χ0n) is 14.3. The van der Waals surface area contributed by atoms with Gasteiger partial charge in [-0.2, -0.15) is 0 Å². The number of halogens is 2. The molecule has 0 bridgehead atoms. The van der Waals surface area contributed by atoms with E-state index in [1.807, 2.05) is 60.7 Å². The molecule has 26 heavy (non-hydrogen) atoms. The number of nitrogens with two attached hydrogens (primary N) is 2. The predicted molar refractivity (Wildman–Crippen MR) is 123 cm³/mol. The maximum absolute atomic E-state index is 5.93. The summed E-state index contributed by atoms with van der Waals surface area (Å²) >= 11 is 0. The minimum absolute atomic E-state index is 0. The quantitative estimate of drug-likeness (QED) is 0.268. The van der Waals surface area contributed by atoms with Crippen molar-refractivity contribution in [2.75, 3.05) is 11.5 Å². The first kappa shape index (κ1) is 24.7. The normalized spacial score (nSPS) is 11.4. The van der Waals surface area contributed by atoms with E-state index in [0.29, 0.717) is 36.3 Å². The number of hydrogen-bond donors (Lipinski definition) is 2. The molecule has 4 nitrogen and oxygen atoms in total. The molecule has 0 saturated carbocycles. The Morgan fingerprint density at radius 3 is 1.35 bits per heavy atom. The highest BCUT2D eigenvalue weighted by molar-refractivity contribution is 8.77. The van der Waals surface area contributed by atoms with Gasteiger partial charge in [-0.25, -0.2) is 0 Å². The molecule has 0 atom stereocenters. The van der Waals surface area contributed by atoms with Gasteiger partial charge in [0, 0.05) is 0 Å². The number of rotatable bonds is 9. The average Bonchev–Trinajstić information content (AvgIpc) is 2.63. The molecule has 8 heteroatoms. The molecule has 0 fully saturated rings. The molecule has 0 saturated heterocycles. The van der Waals surface area contributed by atoms with E-state index in [4.69, 9.17) is 11.5 Å². The maximum Gasteiger partial charge on any atom is 0.105 e. The molecule has 0 aromatic heterocycles. The van der Waals surface area contributed by atoms with Gasteiger partial charge in [0.05, 0.1) is 24.6 Å². The fourth-order valence-electron chi connectivity index (χ4n) is 1.85. The lowest BCUT2D eigenvalue weighted by molar-refractivity contribution is 1.06. The van der Waals surface area contributed by atoms with E-state index in [-0.39, 0.29) is 24.8 Å². The van der Waals surface area contributed by atoms with Crippen molar-refractivity contribution >= 4 is 58.1 Å². The second-order valence-electron chi connectivity index (χ2n) is 5.11. The molecule has 0 heterocycles. The van der Waals surface area contributed by atoms with Crippen LogP contribution in [0.4, 0.5) is 0 Å². The first-order chi connectivity index (χ1) is 11.7. The Morgan fingerprint density at radius 2 is 1.00 bits per heavy atom. The molecule has 2 rings (SSSR count). The summed E-state index contributed by atoms with van der Waals surface area (Å²) in [6.07, 6.45) is 0. The van der Waals surface area contributed by atoms with Crippen molar-refractivity contribution in [3.63, 3.8) is 0 Å². The second-order valence-corrected chi connectivity index (χ2v) is 7.57. The molecular formula is C18H24Cl2N4S2. The van der Waals surface area contributed by atoms with Crippen LogP contribution in [-0.2, 0) is 13.1 Å². The van der Waals surface area contributed by atoms with Gasteiger partial charge >= 0.3 is 0 Å². The third-order valence-corrected chi connectivity index (χ3v) is 5.31. The van der Waals surface area contributed by atoms with Gasteiger partial charge in [-0.05, 0) is 11.1 Å². The lowest BCUT2D eigenvalue weighted by atomic mass is 10.2. The van der Waals surface area contributed by atoms with Gasteiger partial charge < -0.3 is 11.5 Å². The summed E-state index contributed by atoms with van der Waals surface area (Å²) in [5.41, 5.74) is 14.2. The predicted octanol–water partition coefficient (Wildman–Crippen LogP) is 4.33. The molecule has 2 aromatic rings. The molecule has 4 N–H and O–H groups in total. The number of benzene rings is 2. The Kier molecular flexibility index (Phi) is 14.0. The standard InChI is InChI=1S/C18H22N4S2.2ClH/c19-17(21-11-15-7-3-1-4-8-15)13-23-24-14-18(20)22-12-16-9-5-2-6-10-16;;/h1-10H,11-14H2,(H2,19,21)(H2,20,22);2*1H. The highest BCUT2D eigenvalue weighted by Gasteiger charge is 1.98. The lowest BCUT2D eigenvalue weighted by Gasteiger charge is -2.03. The van der Waals surface area contributed by atoms with E-state index in [0.717, 1.165) is 11.1 Å². The number of aliphatic imine (C=N–C) groups is 2. The molecule has 2 aromatic carbocycles. The first-order valence-electron chi connectivity index (χ1n) is 7.64. The van der Waals surface area contributed by atoms with Gasteiger partial charge in [0.1, 0.15) is 11.7 Å². The molecule has 0 aliphatic heterocycles. The van der Waals surface area contributed by atoms with Gasteiger partial charge in [-0.3, -0.25) is 9.98 Å². The summed E-state index contributed by atoms with van der Waals surface area (Å²) in [6, 6.07) is 20.2. The summed E-state index contributed by atoms with van der Waals surface area (Å²) in [5, 5.41) is 0. The van der Waals surface area contributed by atoms with Crippen LogP contribution in [0.5, 0.6) is 0 Å². The van der Waals surface area contributed by atoms with Crippen LogP contribution in [0.3, 0.4) is 0 Å². The summed E-state index contributed by atoms with van der Waals surface area (Å²) in [5.74, 6) is 2.67. The number of hydrogen-bond acceptors (Lipinski definition) is 4. The highest BCUT2D eigenvalue weighted by atomic mass is 35.5. The van der Waals surface area contributed by atoms with Gasteiger partial charge in [0.25, 0.3) is 0 Å². The Balaban J connectivity index is 0.00000312. The lowest BCUT2D eigenvalue weighted by Crippen LogP contribution is -2.16. The minimum atomic E-state index is 0. The minimum Gasteiger partial charge on any atom is -0.387 e. The summed E-state index contributed by atoms with van der Waals surface area (Å²) < 4.78 is 0. The van der Waals surface area contributed by atoms with Crippen molar-refractivity contribution in [2.24, 2.45) is 21.5 Å². The van der Waals surface area contributed by atoms with Crippen molar-refractivity contribution in [2.45, 2.75) is 13.1 Å². The van der Waals surface area contributed by atoms with E-state index in [1.165, 1.54) is 0 Å². The van der Waals surface area contributed by atoms with Crippen molar-refractivity contribution in [3.05, 3.63) is 71.8 Å². The largest absolute Gasteiger partial charge is 0.387 e. The van der Waals surface area contributed by atoms with Crippen molar-refractivity contribution in [1.29, 1.82) is 0 Å². The molecule has 0 unspecified atom stereocenters. The van der Waals surface area contributed by atoms with E-state index in [9.17, 15) is 0 Å². The Labute approximate surface area is 175 Å². The molecule has 0 amide bonds. The molecular weight excluding hydrogens is 407 g/mol. The zero-order chi connectivity index (χ0) is 17.0. The van der Waals surface area contributed by atoms with Gasteiger partial charge in [0.15, 0.2) is 0 Å². The Hall–Kier alpha value is -1.34. The Bertz CT molecular complexity index is 608. The summed E-state index contributed by atoms with van der Waals surface area (Å²) in [7, 11) is 3.29. The zero-order valence-corrected chi connectivity index (χ0v) is 17.6. The van der Waals surface area contributed by atoms with Crippen molar-refractivity contribution in [3.8, 4) is 0 Å². The van der Waals surface area contributed by atoms with Crippen LogP contribution in [0.2, 0.25) is 0 Å². The average molecular weight is 431 g/mol. The summed E-state index contributed by atoms with van der Waals surface area (Å²) in [6.45, 7) is 1.25. The monoisotopic (exact) mass is 430 g/mol. The van der Waals surface area contributed by atoms with Gasteiger partial charge in [0.2, 0.25) is 0 Å². The van der Waals surface area contributed by atoms with E-state index in [1.54, 1.807) is 21.6 Å². The molecule has 0 aliphatic rings. The van der Waals surface area contributed by atoms with Crippen LogP contribution < -0.4 is 11.5 Å². The highest BCUT2D eigenvalue weighted by Crippen LogP contribution is 2.20. The van der Waals surface area contributed by atoms with Crippen molar-refractivity contribution in [1.82, 2.24) is 0 Å². The van der Waals surface area contributed by atoms with Gasteiger partial charge in [-0.15, -0.1) is 24.8 Å². The topological polar surface area (TPSA) is 76.8 Å². The van der Waals surface area contributed by atoms with E-state index < -0.39 is 0 Å². The van der Waals surface area contributed by atoms with Crippen LogP contribution >= 0.6 is 46.4 Å². The van der Waals surface area contributed by atoms with Crippen molar-refractivity contribution < 1.29 is 0 Å². The number of nitrogens with zero attached hydrogens (tertiary/aromatic N) is 2. The number of amidine groups is 2. The van der Waals surface area contributed by atoms with Crippen LogP contribution in [0.25, 0.3) is 0 Å². The Morgan fingerprint density at radius 1 is 0.654 bits per heavy atom. The SMILES string of the molecule is Cl.Cl.NC(CSSCC(N)=NCc1ccccc1)=NCc1ccccc1. The third kappa shape index (κ3) is 10.6. The second kappa shape index (κ2) is 14.8. The van der Waals surface area contributed by atoms with Crippen LogP contribution in [0.15, 0.2) is 70.6 Å². The molecule has 0 radical (unpaired) electrons. The molecule has 142 valence electrons. The van der Waals surface area contributed by atoms with Crippen LogP contribution in [0, 0.1) is 0 Å². The maximum atomic E-state index is 5.93. The molecule has 0 aliphatic carbocycles. The van der Waals surface area contributed by atoms with E-state index >= 15 is 0 Å². The van der Waals surface area contributed by atoms with Crippen LogP contribution in [0.1, 0.15) is 11.1 Å². The summed E-state index contributed by atoms with van der Waals surface area (Å²) in [4.78, 5) is 8.77.